The number of carbonyl (C=O) groups excluding carboxylic acids is 1. The Bertz CT molecular complexity index is 740. The van der Waals surface area contributed by atoms with Crippen LogP contribution in [0.1, 0.15) is 37.8 Å². The molecular weight excluding hydrogens is 336 g/mol. The van der Waals surface area contributed by atoms with Crippen LogP contribution in [0.15, 0.2) is 60.7 Å². The largest absolute Gasteiger partial charge is 0.444 e. The standard InChI is InChI=1S/C23H30N2O2/c1-23(2,3)27-22(26)24(4)21-17-25(15-18-11-7-5-8-12-18)16-20(21)19-13-9-6-10-14-19/h5-14,20-21H,15-17H2,1-4H3/t20-,21+/m1/s1. The smallest absolute Gasteiger partial charge is 0.410 e. The van der Waals surface area contributed by atoms with E-state index in [0.29, 0.717) is 0 Å². The number of likely N-dealkylation sites (tertiary alicyclic amines) is 1. The van der Waals surface area contributed by atoms with Crippen molar-refractivity contribution >= 4 is 6.09 Å². The second-order valence-corrected chi connectivity index (χ2v) is 8.36. The number of likely N-dealkylation sites (N-methyl/N-ethyl adjacent to an activating group) is 1. The number of amides is 1. The molecule has 2 atom stereocenters. The average Bonchev–Trinajstić information content (AvgIpc) is 3.05. The molecule has 2 aromatic carbocycles. The van der Waals surface area contributed by atoms with E-state index in [1.807, 2.05) is 40.0 Å². The van der Waals surface area contributed by atoms with Crippen LogP contribution in [0.3, 0.4) is 0 Å². The SMILES string of the molecule is CN(C(=O)OC(C)(C)C)[C@H]1CN(Cc2ccccc2)C[C@@H]1c1ccccc1. The van der Waals surface area contributed by atoms with Crippen LogP contribution in [0.2, 0.25) is 0 Å². The van der Waals surface area contributed by atoms with Gasteiger partial charge >= 0.3 is 6.09 Å². The van der Waals surface area contributed by atoms with Crippen LogP contribution in [-0.2, 0) is 11.3 Å². The molecule has 3 rings (SSSR count). The lowest BCUT2D eigenvalue weighted by Crippen LogP contribution is -2.44. The minimum atomic E-state index is -0.490. The molecule has 1 aliphatic heterocycles. The molecule has 0 aromatic heterocycles. The fourth-order valence-electron chi connectivity index (χ4n) is 3.73. The fourth-order valence-corrected chi connectivity index (χ4v) is 3.73. The first-order valence-corrected chi connectivity index (χ1v) is 9.60. The second-order valence-electron chi connectivity index (χ2n) is 8.36. The first kappa shape index (κ1) is 19.4. The Kier molecular flexibility index (Phi) is 5.85. The number of carbonyl (C=O) groups is 1. The van der Waals surface area contributed by atoms with Gasteiger partial charge in [0.05, 0.1) is 6.04 Å². The van der Waals surface area contributed by atoms with Gasteiger partial charge in [-0.3, -0.25) is 4.90 Å². The minimum absolute atomic E-state index is 0.0889. The predicted molar refractivity (Wildman–Crippen MR) is 109 cm³/mol. The van der Waals surface area contributed by atoms with E-state index in [4.69, 9.17) is 4.74 Å². The molecule has 1 amide bonds. The molecule has 1 heterocycles. The summed E-state index contributed by atoms with van der Waals surface area (Å²) in [7, 11) is 1.86. The van der Waals surface area contributed by atoms with Gasteiger partial charge in [-0.1, -0.05) is 60.7 Å². The summed E-state index contributed by atoms with van der Waals surface area (Å²) in [4.78, 5) is 16.9. The molecule has 4 heteroatoms. The highest BCUT2D eigenvalue weighted by atomic mass is 16.6. The lowest BCUT2D eigenvalue weighted by Gasteiger charge is -2.31. The van der Waals surface area contributed by atoms with Gasteiger partial charge in [-0.05, 0) is 31.9 Å². The van der Waals surface area contributed by atoms with Gasteiger partial charge < -0.3 is 9.64 Å². The van der Waals surface area contributed by atoms with Crippen molar-refractivity contribution in [2.24, 2.45) is 0 Å². The molecule has 0 saturated carbocycles. The molecule has 0 spiro atoms. The highest BCUT2D eigenvalue weighted by molar-refractivity contribution is 5.68. The average molecular weight is 367 g/mol. The molecule has 0 unspecified atom stereocenters. The van der Waals surface area contributed by atoms with Gasteiger partial charge in [0.1, 0.15) is 5.60 Å². The molecule has 1 aliphatic rings. The first-order chi connectivity index (χ1) is 12.8. The Balaban J connectivity index is 1.79. The maximum absolute atomic E-state index is 12.7. The van der Waals surface area contributed by atoms with Crippen molar-refractivity contribution < 1.29 is 9.53 Å². The molecule has 4 nitrogen and oxygen atoms in total. The maximum Gasteiger partial charge on any atom is 0.410 e. The van der Waals surface area contributed by atoms with E-state index in [1.165, 1.54) is 11.1 Å². The third-order valence-electron chi connectivity index (χ3n) is 5.02. The van der Waals surface area contributed by atoms with E-state index in [2.05, 4.69) is 53.4 Å². The van der Waals surface area contributed by atoms with Crippen LogP contribution in [0, 0.1) is 0 Å². The summed E-state index contributed by atoms with van der Waals surface area (Å²) in [5, 5.41) is 0. The third kappa shape index (κ3) is 5.10. The van der Waals surface area contributed by atoms with Crippen molar-refractivity contribution in [1.82, 2.24) is 9.80 Å². The summed E-state index contributed by atoms with van der Waals surface area (Å²) >= 11 is 0. The number of ether oxygens (including phenoxy) is 1. The van der Waals surface area contributed by atoms with Gasteiger partial charge in [-0.15, -0.1) is 0 Å². The summed E-state index contributed by atoms with van der Waals surface area (Å²) in [6.45, 7) is 8.38. The number of nitrogens with zero attached hydrogens (tertiary/aromatic N) is 2. The predicted octanol–water partition coefficient (Wildman–Crippen LogP) is 4.52. The van der Waals surface area contributed by atoms with Crippen LogP contribution in [-0.4, -0.2) is 47.7 Å². The van der Waals surface area contributed by atoms with E-state index < -0.39 is 5.60 Å². The van der Waals surface area contributed by atoms with Gasteiger partial charge in [-0.2, -0.15) is 0 Å². The molecule has 0 radical (unpaired) electrons. The van der Waals surface area contributed by atoms with E-state index in [0.717, 1.165) is 19.6 Å². The lowest BCUT2D eigenvalue weighted by molar-refractivity contribution is 0.0217. The van der Waals surface area contributed by atoms with E-state index in [9.17, 15) is 4.79 Å². The summed E-state index contributed by atoms with van der Waals surface area (Å²) < 4.78 is 5.62. The highest BCUT2D eigenvalue weighted by Gasteiger charge is 2.39. The first-order valence-electron chi connectivity index (χ1n) is 9.60. The number of hydrogen-bond acceptors (Lipinski definition) is 3. The van der Waals surface area contributed by atoms with E-state index in [1.54, 1.807) is 4.90 Å². The maximum atomic E-state index is 12.7. The molecule has 0 bridgehead atoms. The summed E-state index contributed by atoms with van der Waals surface area (Å²) in [6, 6.07) is 21.1. The summed E-state index contributed by atoms with van der Waals surface area (Å²) in [5.41, 5.74) is 2.08. The van der Waals surface area contributed by atoms with Crippen molar-refractivity contribution in [3.05, 3.63) is 71.8 Å². The molecule has 1 fully saturated rings. The summed E-state index contributed by atoms with van der Waals surface area (Å²) in [5.74, 6) is 0.271. The number of rotatable bonds is 4. The van der Waals surface area contributed by atoms with Gasteiger partial charge in [0, 0.05) is 32.6 Å². The molecule has 2 aromatic rings. The van der Waals surface area contributed by atoms with E-state index in [-0.39, 0.29) is 18.1 Å². The van der Waals surface area contributed by atoms with Crippen LogP contribution in [0.25, 0.3) is 0 Å². The molecular formula is C23H30N2O2. The number of hydrogen-bond donors (Lipinski definition) is 0. The quantitative estimate of drug-likeness (QED) is 0.797. The molecule has 1 saturated heterocycles. The van der Waals surface area contributed by atoms with Crippen molar-refractivity contribution in [1.29, 1.82) is 0 Å². The Labute approximate surface area is 162 Å². The van der Waals surface area contributed by atoms with Crippen LogP contribution < -0.4 is 0 Å². The number of benzene rings is 2. The Morgan fingerprint density at radius 1 is 1.04 bits per heavy atom. The zero-order valence-corrected chi connectivity index (χ0v) is 16.8. The van der Waals surface area contributed by atoms with Crippen LogP contribution in [0.5, 0.6) is 0 Å². The summed E-state index contributed by atoms with van der Waals surface area (Å²) in [6.07, 6.45) is -0.255. The molecule has 0 aliphatic carbocycles. The second kappa shape index (κ2) is 8.13. The molecule has 27 heavy (non-hydrogen) atoms. The fraction of sp³-hybridized carbons (Fsp3) is 0.435. The molecule has 144 valence electrons. The Hall–Kier alpha value is -2.33. The molecule has 0 N–H and O–H groups in total. The zero-order chi connectivity index (χ0) is 19.4. The Morgan fingerprint density at radius 2 is 1.63 bits per heavy atom. The lowest BCUT2D eigenvalue weighted by atomic mass is 9.94. The van der Waals surface area contributed by atoms with Gasteiger partial charge in [0.2, 0.25) is 0 Å². The van der Waals surface area contributed by atoms with E-state index >= 15 is 0 Å². The van der Waals surface area contributed by atoms with Crippen LogP contribution in [0.4, 0.5) is 4.79 Å². The van der Waals surface area contributed by atoms with Crippen molar-refractivity contribution in [2.75, 3.05) is 20.1 Å². The van der Waals surface area contributed by atoms with Crippen molar-refractivity contribution in [3.63, 3.8) is 0 Å². The Morgan fingerprint density at radius 3 is 2.22 bits per heavy atom. The zero-order valence-electron chi connectivity index (χ0n) is 16.8. The van der Waals surface area contributed by atoms with Crippen molar-refractivity contribution in [3.8, 4) is 0 Å². The van der Waals surface area contributed by atoms with Gasteiger partial charge in [0.25, 0.3) is 0 Å². The topological polar surface area (TPSA) is 32.8 Å². The van der Waals surface area contributed by atoms with Crippen molar-refractivity contribution in [2.45, 2.75) is 44.9 Å². The minimum Gasteiger partial charge on any atom is -0.444 e. The monoisotopic (exact) mass is 366 g/mol. The van der Waals surface area contributed by atoms with Gasteiger partial charge in [0.15, 0.2) is 0 Å². The van der Waals surface area contributed by atoms with Crippen LogP contribution >= 0.6 is 0 Å². The normalized spacial score (nSPS) is 20.4. The third-order valence-corrected chi connectivity index (χ3v) is 5.02. The highest BCUT2D eigenvalue weighted by Crippen LogP contribution is 2.32. The van der Waals surface area contributed by atoms with Gasteiger partial charge in [-0.25, -0.2) is 4.79 Å².